The van der Waals surface area contributed by atoms with E-state index in [2.05, 4.69) is 42.7 Å². The fraction of sp³-hybridized carbons (Fsp3) is 0.500. The first-order valence-corrected chi connectivity index (χ1v) is 8.13. The van der Waals surface area contributed by atoms with Gasteiger partial charge in [0.05, 0.1) is 0 Å². The summed E-state index contributed by atoms with van der Waals surface area (Å²) < 4.78 is 2.23. The van der Waals surface area contributed by atoms with Crippen molar-refractivity contribution in [3.05, 3.63) is 35.7 Å². The third-order valence-corrected chi connectivity index (χ3v) is 4.64. The van der Waals surface area contributed by atoms with Crippen LogP contribution in [0.1, 0.15) is 68.8 Å². The Bertz CT molecular complexity index is 676. The van der Waals surface area contributed by atoms with Gasteiger partial charge in [-0.05, 0) is 57.1 Å². The maximum atomic E-state index is 6.44. The molecule has 0 unspecified atom stereocenters. The molecule has 1 heterocycles. The summed E-state index contributed by atoms with van der Waals surface area (Å²) in [6.45, 7) is 4.38. The van der Waals surface area contributed by atoms with Crippen LogP contribution in [0.15, 0.2) is 24.3 Å². The van der Waals surface area contributed by atoms with Crippen LogP contribution in [0.25, 0.3) is 11.3 Å². The van der Waals surface area contributed by atoms with Gasteiger partial charge >= 0.3 is 0 Å². The first-order valence-electron chi connectivity index (χ1n) is 8.13. The fourth-order valence-electron chi connectivity index (χ4n) is 3.20. The maximum Gasteiger partial charge on any atom is 0.131 e. The molecule has 3 heteroatoms. The van der Waals surface area contributed by atoms with Gasteiger partial charge in [-0.25, -0.2) is 4.98 Å². The molecule has 2 N–H and O–H groups in total. The number of nitrogens with zero attached hydrogens (tertiary/aromatic N) is 2. The third-order valence-electron chi connectivity index (χ3n) is 4.64. The lowest BCUT2D eigenvalue weighted by atomic mass is 10.1. The molecule has 21 heavy (non-hydrogen) atoms. The molecule has 4 rings (SSSR count). The van der Waals surface area contributed by atoms with Crippen LogP contribution in [0.3, 0.4) is 0 Å². The molecule has 0 spiro atoms. The van der Waals surface area contributed by atoms with Crippen LogP contribution >= 0.6 is 0 Å². The number of rotatable bonds is 4. The van der Waals surface area contributed by atoms with Crippen molar-refractivity contribution in [2.75, 3.05) is 5.73 Å². The molecule has 0 aliphatic heterocycles. The Morgan fingerprint density at radius 2 is 1.86 bits per heavy atom. The van der Waals surface area contributed by atoms with Crippen molar-refractivity contribution >= 4 is 5.82 Å². The van der Waals surface area contributed by atoms with Crippen molar-refractivity contribution in [3.8, 4) is 11.3 Å². The molecule has 2 aliphatic rings. The number of anilines is 1. The molecule has 1 aromatic carbocycles. The predicted octanol–water partition coefficient (Wildman–Crippen LogP) is 4.47. The van der Waals surface area contributed by atoms with E-state index >= 15 is 0 Å². The van der Waals surface area contributed by atoms with Crippen LogP contribution in [-0.2, 0) is 0 Å². The highest BCUT2D eigenvalue weighted by atomic mass is 15.2. The normalized spacial score (nSPS) is 18.4. The van der Waals surface area contributed by atoms with Gasteiger partial charge in [-0.3, -0.25) is 0 Å². The molecule has 2 aromatic rings. The highest BCUT2D eigenvalue weighted by Crippen LogP contribution is 2.44. The van der Waals surface area contributed by atoms with Crippen LogP contribution in [0.2, 0.25) is 0 Å². The van der Waals surface area contributed by atoms with Gasteiger partial charge in [-0.1, -0.05) is 18.2 Å². The summed E-state index contributed by atoms with van der Waals surface area (Å²) in [5.41, 5.74) is 10.0. The second-order valence-electron chi connectivity index (χ2n) is 6.84. The number of imidazole rings is 1. The number of nitrogens with two attached hydrogens (primary N) is 1. The number of aromatic nitrogens is 2. The fourth-order valence-corrected chi connectivity index (χ4v) is 3.20. The quantitative estimate of drug-likeness (QED) is 0.898. The minimum Gasteiger partial charge on any atom is -0.383 e. The summed E-state index contributed by atoms with van der Waals surface area (Å²) in [5.74, 6) is 3.41. The van der Waals surface area contributed by atoms with E-state index in [-0.39, 0.29) is 0 Å². The molecule has 2 fully saturated rings. The summed E-state index contributed by atoms with van der Waals surface area (Å²) in [4.78, 5) is 4.92. The van der Waals surface area contributed by atoms with Gasteiger partial charge in [0.25, 0.3) is 0 Å². The van der Waals surface area contributed by atoms with E-state index in [4.69, 9.17) is 10.7 Å². The Kier molecular flexibility index (Phi) is 2.84. The zero-order valence-corrected chi connectivity index (χ0v) is 12.8. The van der Waals surface area contributed by atoms with E-state index in [1.807, 2.05) is 0 Å². The van der Waals surface area contributed by atoms with Crippen molar-refractivity contribution in [1.82, 2.24) is 9.55 Å². The molecule has 3 nitrogen and oxygen atoms in total. The number of hydrogen-bond donors (Lipinski definition) is 1. The highest BCUT2D eigenvalue weighted by Gasteiger charge is 2.32. The van der Waals surface area contributed by atoms with E-state index in [0.29, 0.717) is 12.0 Å². The smallest absolute Gasteiger partial charge is 0.131 e. The SMILES string of the molecule is CC(C)n1c(C2CC2)nc(-c2cccc(C3CC3)c2)c1N. The van der Waals surface area contributed by atoms with Crippen molar-refractivity contribution in [1.29, 1.82) is 0 Å². The molecule has 2 aliphatic carbocycles. The van der Waals surface area contributed by atoms with Gasteiger partial charge in [-0.15, -0.1) is 0 Å². The molecule has 0 radical (unpaired) electrons. The second-order valence-corrected chi connectivity index (χ2v) is 6.84. The van der Waals surface area contributed by atoms with Crippen LogP contribution in [0, 0.1) is 0 Å². The van der Waals surface area contributed by atoms with Crippen LogP contribution in [0.4, 0.5) is 5.82 Å². The Labute approximate surface area is 126 Å². The van der Waals surface area contributed by atoms with Gasteiger partial charge in [0, 0.05) is 17.5 Å². The molecule has 110 valence electrons. The largest absolute Gasteiger partial charge is 0.383 e. The summed E-state index contributed by atoms with van der Waals surface area (Å²) in [6, 6.07) is 9.18. The van der Waals surface area contributed by atoms with Crippen molar-refractivity contribution in [2.24, 2.45) is 0 Å². The lowest BCUT2D eigenvalue weighted by Crippen LogP contribution is -2.08. The molecule has 1 aromatic heterocycles. The third kappa shape index (κ3) is 2.25. The van der Waals surface area contributed by atoms with Gasteiger partial charge < -0.3 is 10.3 Å². The van der Waals surface area contributed by atoms with E-state index in [1.165, 1.54) is 42.6 Å². The molecule has 0 amide bonds. The van der Waals surface area contributed by atoms with E-state index < -0.39 is 0 Å². The molecule has 0 saturated heterocycles. The van der Waals surface area contributed by atoms with Crippen molar-refractivity contribution in [2.45, 2.75) is 57.4 Å². The van der Waals surface area contributed by atoms with Gasteiger partial charge in [-0.2, -0.15) is 0 Å². The lowest BCUT2D eigenvalue weighted by molar-refractivity contribution is 0.576. The summed E-state index contributed by atoms with van der Waals surface area (Å²) in [6.07, 6.45) is 5.16. The maximum absolute atomic E-state index is 6.44. The second kappa shape index (κ2) is 4.62. The highest BCUT2D eigenvalue weighted by molar-refractivity contribution is 5.72. The summed E-state index contributed by atoms with van der Waals surface area (Å²) in [5, 5.41) is 0. The average Bonchev–Trinajstić information content (AvgIpc) is 3.36. The number of benzene rings is 1. The lowest BCUT2D eigenvalue weighted by Gasteiger charge is -2.13. The molecule has 0 bridgehead atoms. The molecule has 2 saturated carbocycles. The Morgan fingerprint density at radius 3 is 2.48 bits per heavy atom. The Balaban J connectivity index is 1.80. The standard InChI is InChI=1S/C18H23N3/c1-11(2)21-17(19)16(20-18(21)13-8-9-13)15-5-3-4-14(10-15)12-6-7-12/h3-5,10-13H,6-9,19H2,1-2H3. The van der Waals surface area contributed by atoms with Crippen LogP contribution in [0.5, 0.6) is 0 Å². The van der Waals surface area contributed by atoms with E-state index in [9.17, 15) is 0 Å². The average molecular weight is 281 g/mol. The Hall–Kier alpha value is -1.77. The van der Waals surface area contributed by atoms with Crippen molar-refractivity contribution < 1.29 is 0 Å². The minimum absolute atomic E-state index is 0.369. The van der Waals surface area contributed by atoms with Gasteiger partial charge in [0.2, 0.25) is 0 Å². The van der Waals surface area contributed by atoms with Crippen LogP contribution < -0.4 is 5.73 Å². The zero-order valence-electron chi connectivity index (χ0n) is 12.8. The minimum atomic E-state index is 0.369. The summed E-state index contributed by atoms with van der Waals surface area (Å²) in [7, 11) is 0. The Morgan fingerprint density at radius 1 is 1.14 bits per heavy atom. The van der Waals surface area contributed by atoms with Crippen molar-refractivity contribution in [3.63, 3.8) is 0 Å². The predicted molar refractivity (Wildman–Crippen MR) is 86.4 cm³/mol. The number of nitrogen functional groups attached to an aromatic ring is 1. The molecular weight excluding hydrogens is 258 g/mol. The molecule has 0 atom stereocenters. The van der Waals surface area contributed by atoms with Crippen LogP contribution in [-0.4, -0.2) is 9.55 Å². The van der Waals surface area contributed by atoms with E-state index in [0.717, 1.165) is 17.4 Å². The molecular formula is C18H23N3. The van der Waals surface area contributed by atoms with E-state index in [1.54, 1.807) is 0 Å². The first kappa shape index (κ1) is 12.9. The topological polar surface area (TPSA) is 43.8 Å². The van der Waals surface area contributed by atoms with Gasteiger partial charge in [0.1, 0.15) is 17.3 Å². The monoisotopic (exact) mass is 281 g/mol. The number of hydrogen-bond acceptors (Lipinski definition) is 2. The zero-order chi connectivity index (χ0) is 14.6. The summed E-state index contributed by atoms with van der Waals surface area (Å²) >= 11 is 0. The first-order chi connectivity index (χ1) is 10.1. The van der Waals surface area contributed by atoms with Gasteiger partial charge in [0.15, 0.2) is 0 Å².